The van der Waals surface area contributed by atoms with Gasteiger partial charge < -0.3 is 14.7 Å². The summed E-state index contributed by atoms with van der Waals surface area (Å²) in [4.78, 5) is 21.0. The van der Waals surface area contributed by atoms with Crippen LogP contribution < -0.4 is 0 Å². The summed E-state index contributed by atoms with van der Waals surface area (Å²) in [5.41, 5.74) is 0.633. The molecule has 0 amide bonds. The van der Waals surface area contributed by atoms with E-state index in [4.69, 9.17) is 5.11 Å². The van der Waals surface area contributed by atoms with Gasteiger partial charge in [-0.15, -0.1) is 0 Å². The standard InChI is InChI=1S/C10H16O3/c1-8(7-12)10(5-6-11)4-3-9(2)13/h6,10,12H,1,3-5,7H2,2H3/t10-/m1/s1. The normalized spacial score (nSPS) is 12.2. The van der Waals surface area contributed by atoms with Crippen LogP contribution in [0.25, 0.3) is 0 Å². The van der Waals surface area contributed by atoms with Crippen molar-refractivity contribution in [1.82, 2.24) is 0 Å². The SMILES string of the molecule is C=C(CO)[C@@H](CC=O)CCC(C)=O. The number of Topliss-reactive ketones (excluding diaryl/α,β-unsaturated/α-hetero) is 1. The van der Waals surface area contributed by atoms with Gasteiger partial charge in [-0.1, -0.05) is 6.58 Å². The first-order chi connectivity index (χ1) is 6.11. The average Bonchev–Trinajstić information content (AvgIpc) is 2.10. The zero-order valence-corrected chi connectivity index (χ0v) is 7.95. The Kier molecular flexibility index (Phi) is 6.06. The van der Waals surface area contributed by atoms with E-state index < -0.39 is 0 Å². The number of hydrogen-bond acceptors (Lipinski definition) is 3. The summed E-state index contributed by atoms with van der Waals surface area (Å²) in [7, 11) is 0. The lowest BCUT2D eigenvalue weighted by molar-refractivity contribution is -0.117. The van der Waals surface area contributed by atoms with Crippen molar-refractivity contribution in [3.05, 3.63) is 12.2 Å². The molecular weight excluding hydrogens is 168 g/mol. The number of hydrogen-bond donors (Lipinski definition) is 1. The highest BCUT2D eigenvalue weighted by Gasteiger charge is 2.12. The van der Waals surface area contributed by atoms with Gasteiger partial charge in [0.1, 0.15) is 12.1 Å². The third-order valence-corrected chi connectivity index (χ3v) is 2.01. The van der Waals surface area contributed by atoms with Gasteiger partial charge in [-0.25, -0.2) is 0 Å². The van der Waals surface area contributed by atoms with Gasteiger partial charge in [-0.3, -0.25) is 0 Å². The van der Waals surface area contributed by atoms with E-state index in [1.165, 1.54) is 6.92 Å². The summed E-state index contributed by atoms with van der Waals surface area (Å²) in [6, 6.07) is 0. The van der Waals surface area contributed by atoms with E-state index in [0.29, 0.717) is 24.8 Å². The Morgan fingerprint density at radius 2 is 2.23 bits per heavy atom. The smallest absolute Gasteiger partial charge is 0.129 e. The summed E-state index contributed by atoms with van der Waals surface area (Å²) >= 11 is 0. The van der Waals surface area contributed by atoms with E-state index in [1.54, 1.807) is 0 Å². The van der Waals surface area contributed by atoms with Crippen LogP contribution in [0.4, 0.5) is 0 Å². The molecule has 13 heavy (non-hydrogen) atoms. The van der Waals surface area contributed by atoms with Gasteiger partial charge in [0.25, 0.3) is 0 Å². The van der Waals surface area contributed by atoms with Gasteiger partial charge in [-0.05, 0) is 24.8 Å². The minimum atomic E-state index is -0.115. The lowest BCUT2D eigenvalue weighted by Crippen LogP contribution is -2.09. The number of carbonyl (C=O) groups excluding carboxylic acids is 2. The molecule has 0 aliphatic rings. The number of ketones is 1. The zero-order valence-electron chi connectivity index (χ0n) is 7.95. The van der Waals surface area contributed by atoms with Crippen molar-refractivity contribution in [2.75, 3.05) is 6.61 Å². The number of carbonyl (C=O) groups is 2. The Bertz CT molecular complexity index is 196. The monoisotopic (exact) mass is 184 g/mol. The van der Waals surface area contributed by atoms with Crippen LogP contribution in [0.3, 0.4) is 0 Å². The minimum absolute atomic E-state index is 0.0496. The van der Waals surface area contributed by atoms with Crippen molar-refractivity contribution in [1.29, 1.82) is 0 Å². The molecule has 74 valence electrons. The fourth-order valence-electron chi connectivity index (χ4n) is 1.11. The molecule has 0 rings (SSSR count). The van der Waals surface area contributed by atoms with Crippen LogP contribution in [0.2, 0.25) is 0 Å². The first-order valence-electron chi connectivity index (χ1n) is 4.33. The first-order valence-corrected chi connectivity index (χ1v) is 4.33. The third-order valence-electron chi connectivity index (χ3n) is 2.01. The highest BCUT2D eigenvalue weighted by atomic mass is 16.3. The van der Waals surface area contributed by atoms with Gasteiger partial charge in [-0.2, -0.15) is 0 Å². The van der Waals surface area contributed by atoms with Crippen molar-refractivity contribution >= 4 is 12.1 Å². The molecule has 0 heterocycles. The van der Waals surface area contributed by atoms with Crippen LogP contribution in [0.1, 0.15) is 26.2 Å². The summed E-state index contributed by atoms with van der Waals surface area (Å²) < 4.78 is 0. The van der Waals surface area contributed by atoms with Crippen LogP contribution in [0.15, 0.2) is 12.2 Å². The molecule has 0 radical (unpaired) electrons. The van der Waals surface area contributed by atoms with Crippen LogP contribution in [-0.2, 0) is 9.59 Å². The molecule has 0 fully saturated rings. The van der Waals surface area contributed by atoms with Crippen LogP contribution in [0.5, 0.6) is 0 Å². The molecule has 0 saturated carbocycles. The third kappa shape index (κ3) is 5.31. The summed E-state index contributed by atoms with van der Waals surface area (Å²) in [6.07, 6.45) is 2.18. The number of aliphatic hydroxyl groups excluding tert-OH is 1. The zero-order chi connectivity index (χ0) is 10.3. The maximum atomic E-state index is 10.7. The van der Waals surface area contributed by atoms with Gasteiger partial charge in [0, 0.05) is 12.8 Å². The van der Waals surface area contributed by atoms with Crippen molar-refractivity contribution < 1.29 is 14.7 Å². The second-order valence-corrected chi connectivity index (χ2v) is 3.16. The lowest BCUT2D eigenvalue weighted by atomic mass is 9.92. The molecule has 0 saturated heterocycles. The largest absolute Gasteiger partial charge is 0.392 e. The van der Waals surface area contributed by atoms with E-state index in [-0.39, 0.29) is 18.3 Å². The Morgan fingerprint density at radius 3 is 2.62 bits per heavy atom. The van der Waals surface area contributed by atoms with Crippen LogP contribution >= 0.6 is 0 Å². The Morgan fingerprint density at radius 1 is 1.62 bits per heavy atom. The van der Waals surface area contributed by atoms with Gasteiger partial charge in [0.2, 0.25) is 0 Å². The van der Waals surface area contributed by atoms with E-state index >= 15 is 0 Å². The van der Waals surface area contributed by atoms with E-state index in [2.05, 4.69) is 6.58 Å². The summed E-state index contributed by atoms with van der Waals surface area (Å²) in [5, 5.41) is 8.80. The van der Waals surface area contributed by atoms with Crippen molar-refractivity contribution in [2.24, 2.45) is 5.92 Å². The molecular formula is C10H16O3. The average molecular weight is 184 g/mol. The van der Waals surface area contributed by atoms with Crippen LogP contribution in [-0.4, -0.2) is 23.8 Å². The van der Waals surface area contributed by atoms with E-state index in [0.717, 1.165) is 6.29 Å². The van der Waals surface area contributed by atoms with Gasteiger partial charge >= 0.3 is 0 Å². The predicted molar refractivity (Wildman–Crippen MR) is 50.3 cm³/mol. The number of aldehydes is 1. The van der Waals surface area contributed by atoms with Crippen molar-refractivity contribution in [3.63, 3.8) is 0 Å². The van der Waals surface area contributed by atoms with E-state index in [1.807, 2.05) is 0 Å². The molecule has 0 aliphatic carbocycles. The highest BCUT2D eigenvalue weighted by molar-refractivity contribution is 5.75. The Balaban J connectivity index is 4.00. The van der Waals surface area contributed by atoms with Crippen molar-refractivity contribution in [2.45, 2.75) is 26.2 Å². The number of rotatable bonds is 7. The first kappa shape index (κ1) is 12.0. The topological polar surface area (TPSA) is 54.4 Å². The molecule has 1 N–H and O–H groups in total. The molecule has 3 heteroatoms. The summed E-state index contributed by atoms with van der Waals surface area (Å²) in [5.74, 6) is 0.0491. The maximum absolute atomic E-state index is 10.7. The maximum Gasteiger partial charge on any atom is 0.129 e. The van der Waals surface area contributed by atoms with Crippen molar-refractivity contribution in [3.8, 4) is 0 Å². The lowest BCUT2D eigenvalue weighted by Gasteiger charge is -2.14. The van der Waals surface area contributed by atoms with Gasteiger partial charge in [0.15, 0.2) is 0 Å². The second kappa shape index (κ2) is 6.54. The molecule has 0 unspecified atom stereocenters. The molecule has 0 aliphatic heterocycles. The summed E-state index contributed by atoms with van der Waals surface area (Å²) in [6.45, 7) is 5.05. The highest BCUT2D eigenvalue weighted by Crippen LogP contribution is 2.18. The molecule has 0 aromatic heterocycles. The Labute approximate surface area is 78.5 Å². The Hall–Kier alpha value is -0.960. The molecule has 0 bridgehead atoms. The molecule has 0 aromatic carbocycles. The van der Waals surface area contributed by atoms with Gasteiger partial charge in [0.05, 0.1) is 6.61 Å². The fraction of sp³-hybridized carbons (Fsp3) is 0.600. The molecule has 3 nitrogen and oxygen atoms in total. The predicted octanol–water partition coefficient (Wildman–Crippen LogP) is 1.11. The molecule has 0 aromatic rings. The number of aliphatic hydroxyl groups is 1. The van der Waals surface area contributed by atoms with E-state index in [9.17, 15) is 9.59 Å². The molecule has 1 atom stereocenters. The fourth-order valence-corrected chi connectivity index (χ4v) is 1.11. The molecule has 0 spiro atoms. The second-order valence-electron chi connectivity index (χ2n) is 3.16. The quantitative estimate of drug-likeness (QED) is 0.476. The minimum Gasteiger partial charge on any atom is -0.392 e. The van der Waals surface area contributed by atoms with Crippen LogP contribution in [0, 0.1) is 5.92 Å².